The number of ether oxygens (including phenoxy) is 2. The van der Waals surface area contributed by atoms with E-state index in [9.17, 15) is 10.1 Å². The Labute approximate surface area is 148 Å². The zero-order valence-corrected chi connectivity index (χ0v) is 14.8. The summed E-state index contributed by atoms with van der Waals surface area (Å²) in [5.74, 6) is 1.22. The molecule has 1 heterocycles. The molecule has 0 saturated carbocycles. The number of rotatable bonds is 8. The molecule has 1 aliphatic rings. The first-order valence-corrected chi connectivity index (χ1v) is 8.40. The fraction of sp³-hybridized carbons (Fsp3) is 0.588. The van der Waals surface area contributed by atoms with Crippen LogP contribution in [0.25, 0.3) is 0 Å². The summed E-state index contributed by atoms with van der Waals surface area (Å²) in [6.45, 7) is 4.06. The Bertz CT molecular complexity index is 594. The summed E-state index contributed by atoms with van der Waals surface area (Å²) in [7, 11) is 3.39. The predicted octanol–water partition coefficient (Wildman–Crippen LogP) is 1.66. The van der Waals surface area contributed by atoms with Gasteiger partial charge in [-0.15, -0.1) is 0 Å². The van der Waals surface area contributed by atoms with Gasteiger partial charge in [-0.1, -0.05) is 18.2 Å². The number of methoxy groups -OCH3 is 1. The molecular formula is C17H26N4O4. The first kappa shape index (κ1) is 19.1. The van der Waals surface area contributed by atoms with Crippen molar-refractivity contribution in [2.24, 2.45) is 10.9 Å². The molecule has 0 bridgehead atoms. The Morgan fingerprint density at radius 1 is 1.44 bits per heavy atom. The minimum Gasteiger partial charge on any atom is -0.382 e. The lowest BCUT2D eigenvalue weighted by Crippen LogP contribution is -2.40. The fourth-order valence-electron chi connectivity index (χ4n) is 2.90. The zero-order valence-electron chi connectivity index (χ0n) is 14.8. The Hall–Kier alpha value is -2.19. The van der Waals surface area contributed by atoms with Crippen molar-refractivity contribution in [1.29, 1.82) is 0 Å². The molecule has 8 nitrogen and oxygen atoms in total. The average Bonchev–Trinajstić information content (AvgIpc) is 3.08. The molecule has 1 fully saturated rings. The van der Waals surface area contributed by atoms with Gasteiger partial charge in [0.05, 0.1) is 24.7 Å². The minimum atomic E-state index is -0.358. The van der Waals surface area contributed by atoms with Crippen LogP contribution < -0.4 is 5.32 Å². The maximum absolute atomic E-state index is 11.1. The third kappa shape index (κ3) is 5.68. The summed E-state index contributed by atoms with van der Waals surface area (Å²) in [6, 6.07) is 6.75. The fourth-order valence-corrected chi connectivity index (χ4v) is 2.90. The number of nitrogens with one attached hydrogen (secondary N) is 1. The van der Waals surface area contributed by atoms with Gasteiger partial charge in [-0.25, -0.2) is 0 Å². The standard InChI is InChI=1S/C17H26N4O4/c1-18-17(19-11-15-5-3-4-6-16(15)21(22)23)20-8-7-14(12-20)13-25-10-9-24-2/h3-6,14H,7-13H2,1-2H3,(H,18,19). The number of hydrogen-bond donors (Lipinski definition) is 1. The molecule has 1 atom stereocenters. The van der Waals surface area contributed by atoms with E-state index in [1.165, 1.54) is 6.07 Å². The van der Waals surface area contributed by atoms with Crippen LogP contribution in [0.5, 0.6) is 0 Å². The van der Waals surface area contributed by atoms with Gasteiger partial charge in [-0.05, 0) is 6.42 Å². The van der Waals surface area contributed by atoms with Crippen LogP contribution in [-0.2, 0) is 16.0 Å². The Kier molecular flexibility index (Phi) is 7.62. The molecule has 0 amide bonds. The summed E-state index contributed by atoms with van der Waals surface area (Å²) < 4.78 is 10.6. The van der Waals surface area contributed by atoms with Crippen molar-refractivity contribution in [3.8, 4) is 0 Å². The van der Waals surface area contributed by atoms with E-state index in [4.69, 9.17) is 9.47 Å². The second-order valence-corrected chi connectivity index (χ2v) is 5.96. The van der Waals surface area contributed by atoms with E-state index in [0.29, 0.717) is 37.8 Å². The maximum atomic E-state index is 11.1. The van der Waals surface area contributed by atoms with Gasteiger partial charge >= 0.3 is 0 Å². The molecule has 138 valence electrons. The number of nitrogens with zero attached hydrogens (tertiary/aromatic N) is 3. The van der Waals surface area contributed by atoms with Crippen LogP contribution in [0.1, 0.15) is 12.0 Å². The summed E-state index contributed by atoms with van der Waals surface area (Å²) in [5, 5.41) is 14.3. The van der Waals surface area contributed by atoms with Gasteiger partial charge in [0.15, 0.2) is 5.96 Å². The highest BCUT2D eigenvalue weighted by molar-refractivity contribution is 5.80. The van der Waals surface area contributed by atoms with E-state index >= 15 is 0 Å². The Morgan fingerprint density at radius 2 is 2.24 bits per heavy atom. The molecule has 25 heavy (non-hydrogen) atoms. The quantitative estimate of drug-likeness (QED) is 0.252. The van der Waals surface area contributed by atoms with Crippen molar-refractivity contribution in [1.82, 2.24) is 10.2 Å². The lowest BCUT2D eigenvalue weighted by Gasteiger charge is -2.21. The summed E-state index contributed by atoms with van der Waals surface area (Å²) in [4.78, 5) is 17.2. The molecule has 8 heteroatoms. The van der Waals surface area contributed by atoms with Gasteiger partial charge in [0, 0.05) is 51.3 Å². The van der Waals surface area contributed by atoms with Gasteiger partial charge in [-0.3, -0.25) is 15.1 Å². The third-order valence-electron chi connectivity index (χ3n) is 4.21. The Morgan fingerprint density at radius 3 is 2.96 bits per heavy atom. The molecule has 1 saturated heterocycles. The van der Waals surface area contributed by atoms with E-state index in [1.54, 1.807) is 32.4 Å². The first-order chi connectivity index (χ1) is 12.2. The molecule has 0 aromatic heterocycles. The monoisotopic (exact) mass is 350 g/mol. The third-order valence-corrected chi connectivity index (χ3v) is 4.21. The Balaban J connectivity index is 1.84. The number of para-hydroxylation sites is 1. The summed E-state index contributed by atoms with van der Waals surface area (Å²) >= 11 is 0. The molecule has 0 radical (unpaired) electrons. The predicted molar refractivity (Wildman–Crippen MR) is 95.7 cm³/mol. The lowest BCUT2D eigenvalue weighted by atomic mass is 10.1. The number of benzene rings is 1. The highest BCUT2D eigenvalue weighted by Gasteiger charge is 2.25. The summed E-state index contributed by atoms with van der Waals surface area (Å²) in [6.07, 6.45) is 1.04. The van der Waals surface area contributed by atoms with Crippen molar-refractivity contribution in [3.63, 3.8) is 0 Å². The SMILES string of the molecule is CN=C(NCc1ccccc1[N+](=O)[O-])N1CCC(COCCOC)C1. The molecule has 0 spiro atoms. The van der Waals surface area contributed by atoms with Gasteiger partial charge in [0.2, 0.25) is 0 Å². The second kappa shape index (κ2) is 9.95. The van der Waals surface area contributed by atoms with Gasteiger partial charge in [0.1, 0.15) is 0 Å². The van der Waals surface area contributed by atoms with E-state index in [-0.39, 0.29) is 10.6 Å². The van der Waals surface area contributed by atoms with Crippen LogP contribution in [0.4, 0.5) is 5.69 Å². The van der Waals surface area contributed by atoms with Crippen LogP contribution in [-0.4, -0.2) is 62.9 Å². The maximum Gasteiger partial charge on any atom is 0.274 e. The highest BCUT2D eigenvalue weighted by atomic mass is 16.6. The van der Waals surface area contributed by atoms with Crippen molar-refractivity contribution in [3.05, 3.63) is 39.9 Å². The number of nitro benzene ring substituents is 1. The number of guanidine groups is 1. The van der Waals surface area contributed by atoms with E-state index < -0.39 is 0 Å². The lowest BCUT2D eigenvalue weighted by molar-refractivity contribution is -0.385. The average molecular weight is 350 g/mol. The molecule has 2 rings (SSSR count). The van der Waals surface area contributed by atoms with Crippen molar-refractivity contribution < 1.29 is 14.4 Å². The second-order valence-electron chi connectivity index (χ2n) is 5.96. The molecule has 1 aromatic rings. The van der Waals surface area contributed by atoms with Crippen molar-refractivity contribution >= 4 is 11.6 Å². The number of nitro groups is 1. The van der Waals surface area contributed by atoms with Gasteiger partial charge in [0.25, 0.3) is 5.69 Å². The van der Waals surface area contributed by atoms with Gasteiger partial charge in [-0.2, -0.15) is 0 Å². The van der Waals surface area contributed by atoms with Crippen LogP contribution in [0.15, 0.2) is 29.3 Å². The van der Waals surface area contributed by atoms with E-state index in [0.717, 1.165) is 25.5 Å². The topological polar surface area (TPSA) is 89.2 Å². The summed E-state index contributed by atoms with van der Waals surface area (Å²) in [5.41, 5.74) is 0.767. The first-order valence-electron chi connectivity index (χ1n) is 8.40. The van der Waals surface area contributed by atoms with Crippen LogP contribution in [0.2, 0.25) is 0 Å². The normalized spacial score (nSPS) is 17.8. The smallest absolute Gasteiger partial charge is 0.274 e. The number of likely N-dealkylation sites (tertiary alicyclic amines) is 1. The van der Waals surface area contributed by atoms with Crippen LogP contribution in [0, 0.1) is 16.0 Å². The number of aliphatic imine (C=N–C) groups is 1. The van der Waals surface area contributed by atoms with Crippen LogP contribution in [0.3, 0.4) is 0 Å². The highest BCUT2D eigenvalue weighted by Crippen LogP contribution is 2.19. The zero-order chi connectivity index (χ0) is 18.1. The van der Waals surface area contributed by atoms with Crippen LogP contribution >= 0.6 is 0 Å². The molecule has 1 aliphatic heterocycles. The molecule has 0 aliphatic carbocycles. The van der Waals surface area contributed by atoms with E-state index in [1.807, 2.05) is 0 Å². The van der Waals surface area contributed by atoms with E-state index in [2.05, 4.69) is 15.2 Å². The number of hydrogen-bond acceptors (Lipinski definition) is 5. The van der Waals surface area contributed by atoms with Crippen molar-refractivity contribution in [2.45, 2.75) is 13.0 Å². The van der Waals surface area contributed by atoms with Gasteiger partial charge < -0.3 is 19.7 Å². The minimum absolute atomic E-state index is 0.122. The largest absolute Gasteiger partial charge is 0.382 e. The molecule has 1 N–H and O–H groups in total. The molecule has 1 unspecified atom stereocenters. The molecular weight excluding hydrogens is 324 g/mol. The van der Waals surface area contributed by atoms with Crippen molar-refractivity contribution in [2.75, 3.05) is 47.1 Å². The molecule has 1 aromatic carbocycles.